The highest BCUT2D eigenvalue weighted by Gasteiger charge is 2.17. The molecule has 1 atom stereocenters. The molecule has 0 radical (unpaired) electrons. The molecule has 0 aliphatic rings. The number of aliphatic carboxylic acids is 1. The number of hydrogen-bond acceptors (Lipinski definition) is 2. The van der Waals surface area contributed by atoms with E-state index >= 15 is 0 Å². The first kappa shape index (κ1) is 8.55. The van der Waals surface area contributed by atoms with Crippen molar-refractivity contribution in [3.8, 4) is 5.75 Å². The number of phenolic OH excluding ortho intramolecular Hbond substituents is 1. The van der Waals surface area contributed by atoms with E-state index in [0.29, 0.717) is 5.56 Å². The van der Waals surface area contributed by atoms with Crippen molar-refractivity contribution in [1.82, 2.24) is 0 Å². The maximum Gasteiger partial charge on any atom is 0.367 e. The molecule has 0 fully saturated rings. The highest BCUT2D eigenvalue weighted by molar-refractivity contribution is 5.73. The normalized spacial score (nSPS) is 12.4. The van der Waals surface area contributed by atoms with E-state index in [-0.39, 0.29) is 5.75 Å². The Morgan fingerprint density at radius 2 is 1.83 bits per heavy atom. The molecule has 4 heteroatoms. The second-order valence-corrected chi connectivity index (χ2v) is 2.48. The molecule has 0 amide bonds. The van der Waals surface area contributed by atoms with Gasteiger partial charge in [0.25, 0.3) is 0 Å². The molecule has 0 saturated carbocycles. The van der Waals surface area contributed by atoms with Crippen molar-refractivity contribution in [2.75, 3.05) is 0 Å². The average Bonchev–Trinajstić information content (AvgIpc) is 2.04. The Morgan fingerprint density at radius 3 is 2.25 bits per heavy atom. The molecule has 5 N–H and O–H groups in total. The predicted octanol–water partition coefficient (Wildman–Crippen LogP) is -0.240. The summed E-state index contributed by atoms with van der Waals surface area (Å²) in [5.74, 6) is -0.850. The summed E-state index contributed by atoms with van der Waals surface area (Å²) >= 11 is 0. The van der Waals surface area contributed by atoms with Crippen molar-refractivity contribution in [2.24, 2.45) is 0 Å². The number of aromatic hydroxyl groups is 1. The summed E-state index contributed by atoms with van der Waals surface area (Å²) in [5.41, 5.74) is 4.04. The van der Waals surface area contributed by atoms with E-state index in [0.717, 1.165) is 0 Å². The average molecular weight is 168 g/mol. The lowest BCUT2D eigenvalue weighted by Crippen LogP contribution is -2.57. The van der Waals surface area contributed by atoms with Gasteiger partial charge in [0.05, 0.1) is 0 Å². The summed E-state index contributed by atoms with van der Waals surface area (Å²) in [6.45, 7) is 0. The van der Waals surface area contributed by atoms with Crippen LogP contribution in [0.25, 0.3) is 0 Å². The van der Waals surface area contributed by atoms with E-state index in [1.54, 1.807) is 12.1 Å². The summed E-state index contributed by atoms with van der Waals surface area (Å²) in [6, 6.07) is 5.19. The van der Waals surface area contributed by atoms with Crippen LogP contribution >= 0.6 is 0 Å². The molecule has 1 aromatic carbocycles. The number of rotatable bonds is 2. The van der Waals surface area contributed by atoms with Crippen molar-refractivity contribution in [3.05, 3.63) is 29.8 Å². The number of carboxylic acid groups (broad SMARTS) is 1. The van der Waals surface area contributed by atoms with Crippen LogP contribution in [-0.4, -0.2) is 16.2 Å². The molecule has 0 unspecified atom stereocenters. The minimum absolute atomic E-state index is 0.122. The van der Waals surface area contributed by atoms with E-state index < -0.39 is 12.0 Å². The number of phenols is 1. The Balaban J connectivity index is 2.89. The largest absolute Gasteiger partial charge is 0.508 e. The second kappa shape index (κ2) is 3.23. The van der Waals surface area contributed by atoms with Gasteiger partial charge in [-0.2, -0.15) is 0 Å². The summed E-state index contributed by atoms with van der Waals surface area (Å²) in [5, 5.41) is 17.5. The van der Waals surface area contributed by atoms with Crippen LogP contribution in [0.2, 0.25) is 0 Å². The molecule has 1 rings (SSSR count). The van der Waals surface area contributed by atoms with E-state index in [4.69, 9.17) is 10.2 Å². The third kappa shape index (κ3) is 1.73. The zero-order valence-corrected chi connectivity index (χ0v) is 6.40. The van der Waals surface area contributed by atoms with E-state index in [1.807, 2.05) is 0 Å². The fraction of sp³-hybridized carbons (Fsp3) is 0.125. The van der Waals surface area contributed by atoms with Gasteiger partial charge in [-0.05, 0) is 24.3 Å². The number of benzene rings is 1. The Bertz CT molecular complexity index is 281. The van der Waals surface area contributed by atoms with Gasteiger partial charge in [0.15, 0.2) is 0 Å². The summed E-state index contributed by atoms with van der Waals surface area (Å²) in [7, 11) is 0. The molecule has 0 spiro atoms. The molecule has 1 aromatic rings. The van der Waals surface area contributed by atoms with Crippen LogP contribution in [0.5, 0.6) is 5.75 Å². The topological polar surface area (TPSA) is 85.2 Å². The summed E-state index contributed by atoms with van der Waals surface area (Å²) in [6.07, 6.45) is 0. The van der Waals surface area contributed by atoms with Crippen LogP contribution in [0.3, 0.4) is 0 Å². The van der Waals surface area contributed by atoms with Crippen LogP contribution in [0.15, 0.2) is 24.3 Å². The van der Waals surface area contributed by atoms with Crippen molar-refractivity contribution >= 4 is 5.97 Å². The van der Waals surface area contributed by atoms with Gasteiger partial charge in [-0.25, -0.2) is 4.79 Å². The molecule has 0 heterocycles. The first-order valence-corrected chi connectivity index (χ1v) is 3.46. The van der Waals surface area contributed by atoms with Crippen LogP contribution in [0.1, 0.15) is 11.6 Å². The van der Waals surface area contributed by atoms with Gasteiger partial charge in [-0.15, -0.1) is 0 Å². The van der Waals surface area contributed by atoms with Crippen LogP contribution in [-0.2, 0) is 4.79 Å². The molecule has 12 heavy (non-hydrogen) atoms. The second-order valence-electron chi connectivity index (χ2n) is 2.48. The van der Waals surface area contributed by atoms with E-state index in [2.05, 4.69) is 5.73 Å². The van der Waals surface area contributed by atoms with Gasteiger partial charge in [-0.3, -0.25) is 0 Å². The first-order chi connectivity index (χ1) is 5.61. The number of quaternary nitrogens is 1. The van der Waals surface area contributed by atoms with Gasteiger partial charge in [0, 0.05) is 5.56 Å². The lowest BCUT2D eigenvalue weighted by molar-refractivity contribution is -0.413. The summed E-state index contributed by atoms with van der Waals surface area (Å²) < 4.78 is 0. The Labute approximate surface area is 69.3 Å². The number of carbonyl (C=O) groups is 1. The molecule has 0 aliphatic heterocycles. The Hall–Kier alpha value is -1.55. The van der Waals surface area contributed by atoms with Gasteiger partial charge < -0.3 is 15.9 Å². The summed E-state index contributed by atoms with van der Waals surface area (Å²) in [4.78, 5) is 10.5. The molecule has 64 valence electrons. The van der Waals surface area contributed by atoms with E-state index in [9.17, 15) is 4.79 Å². The van der Waals surface area contributed by atoms with Crippen LogP contribution < -0.4 is 5.73 Å². The quantitative estimate of drug-likeness (QED) is 0.569. The SMILES string of the molecule is [NH3+][C@H](C(=O)O)c1ccc(O)cc1. The van der Waals surface area contributed by atoms with Gasteiger partial charge in [-0.1, -0.05) is 0 Å². The lowest BCUT2D eigenvalue weighted by Gasteiger charge is -2.02. The Kier molecular flexibility index (Phi) is 2.30. The lowest BCUT2D eigenvalue weighted by atomic mass is 10.1. The number of carboxylic acids is 1. The van der Waals surface area contributed by atoms with Crippen molar-refractivity contribution in [1.29, 1.82) is 0 Å². The monoisotopic (exact) mass is 168 g/mol. The van der Waals surface area contributed by atoms with Gasteiger partial charge >= 0.3 is 5.97 Å². The standard InChI is InChI=1S/C8H9NO3/c9-7(8(11)12)5-1-3-6(10)4-2-5/h1-4,7,10H,9H2,(H,11,12)/p+1/t7-/m0/s1. The zero-order chi connectivity index (χ0) is 9.14. The zero-order valence-electron chi connectivity index (χ0n) is 6.40. The third-order valence-electron chi connectivity index (χ3n) is 1.59. The molecular formula is C8H10NO3+. The maximum atomic E-state index is 10.5. The predicted molar refractivity (Wildman–Crippen MR) is 41.4 cm³/mol. The van der Waals surface area contributed by atoms with Gasteiger partial charge in [0.2, 0.25) is 6.04 Å². The van der Waals surface area contributed by atoms with Gasteiger partial charge in [0.1, 0.15) is 5.75 Å². The fourth-order valence-corrected chi connectivity index (χ4v) is 0.849. The van der Waals surface area contributed by atoms with Crippen LogP contribution in [0, 0.1) is 0 Å². The molecule has 0 bridgehead atoms. The molecule has 0 aromatic heterocycles. The van der Waals surface area contributed by atoms with Crippen molar-refractivity contribution < 1.29 is 20.7 Å². The minimum atomic E-state index is -0.972. The Morgan fingerprint density at radius 1 is 1.33 bits per heavy atom. The molecular weight excluding hydrogens is 158 g/mol. The fourth-order valence-electron chi connectivity index (χ4n) is 0.849. The maximum absolute atomic E-state index is 10.5. The van der Waals surface area contributed by atoms with Crippen molar-refractivity contribution in [2.45, 2.75) is 6.04 Å². The molecule has 4 nitrogen and oxygen atoms in total. The molecule has 0 saturated heterocycles. The van der Waals surface area contributed by atoms with E-state index in [1.165, 1.54) is 12.1 Å². The third-order valence-corrected chi connectivity index (χ3v) is 1.59. The highest BCUT2D eigenvalue weighted by Crippen LogP contribution is 2.13. The molecule has 0 aliphatic carbocycles. The first-order valence-electron chi connectivity index (χ1n) is 3.46. The van der Waals surface area contributed by atoms with Crippen molar-refractivity contribution in [3.63, 3.8) is 0 Å². The van der Waals surface area contributed by atoms with Crippen LogP contribution in [0.4, 0.5) is 0 Å². The smallest absolute Gasteiger partial charge is 0.367 e. The minimum Gasteiger partial charge on any atom is -0.508 e. The highest BCUT2D eigenvalue weighted by atomic mass is 16.4. The number of hydrogen-bond donors (Lipinski definition) is 3.